The Kier molecular flexibility index (Phi) is 4.68. The van der Waals surface area contributed by atoms with E-state index >= 15 is 0 Å². The number of amides is 1. The average molecular weight is 385 g/mol. The number of carbonyl (C=O) groups excluding carboxylic acids is 1. The first-order chi connectivity index (χ1) is 13.2. The first-order valence-corrected chi connectivity index (χ1v) is 10.1. The van der Waals surface area contributed by atoms with E-state index in [1.165, 1.54) is 13.8 Å². The SMILES string of the molecule is CC(=O)N1c2ccc(-c3cnn(C4CC4)c3)c(OCC(C)(C)F)c2CC[C@@H]1C. The van der Waals surface area contributed by atoms with Crippen LogP contribution in [0.4, 0.5) is 10.1 Å². The van der Waals surface area contributed by atoms with Gasteiger partial charge in [-0.1, -0.05) is 0 Å². The molecule has 0 unspecified atom stereocenters. The molecular formula is C22H28FN3O2. The smallest absolute Gasteiger partial charge is 0.224 e. The molecule has 1 aliphatic heterocycles. The van der Waals surface area contributed by atoms with Gasteiger partial charge in [0.05, 0.1) is 17.9 Å². The summed E-state index contributed by atoms with van der Waals surface area (Å²) in [6, 6.07) is 4.60. The molecule has 1 aromatic heterocycles. The Balaban J connectivity index is 1.80. The van der Waals surface area contributed by atoms with Crippen LogP contribution in [0.1, 0.15) is 58.6 Å². The second-order valence-corrected chi connectivity index (χ2v) is 8.66. The second-order valence-electron chi connectivity index (χ2n) is 8.66. The van der Waals surface area contributed by atoms with Crippen LogP contribution in [-0.4, -0.2) is 34.0 Å². The molecule has 0 saturated heterocycles. The van der Waals surface area contributed by atoms with Crippen LogP contribution in [0, 0.1) is 0 Å². The lowest BCUT2D eigenvalue weighted by molar-refractivity contribution is -0.117. The molecular weight excluding hydrogens is 357 g/mol. The van der Waals surface area contributed by atoms with Crippen molar-refractivity contribution in [2.45, 2.75) is 71.1 Å². The predicted octanol–water partition coefficient (Wildman–Crippen LogP) is 4.70. The highest BCUT2D eigenvalue weighted by Crippen LogP contribution is 2.44. The molecule has 1 amide bonds. The number of fused-ring (bicyclic) bond motifs is 1. The summed E-state index contributed by atoms with van der Waals surface area (Å²) < 4.78 is 22.3. The van der Waals surface area contributed by atoms with Crippen molar-refractivity contribution < 1.29 is 13.9 Å². The zero-order valence-corrected chi connectivity index (χ0v) is 17.0. The summed E-state index contributed by atoms with van der Waals surface area (Å²) in [5, 5.41) is 4.49. The van der Waals surface area contributed by atoms with Crippen molar-refractivity contribution >= 4 is 11.6 Å². The first-order valence-electron chi connectivity index (χ1n) is 10.1. The van der Waals surface area contributed by atoms with Gasteiger partial charge >= 0.3 is 0 Å². The molecule has 0 spiro atoms. The number of aromatic nitrogens is 2. The quantitative estimate of drug-likeness (QED) is 0.750. The van der Waals surface area contributed by atoms with E-state index in [-0.39, 0.29) is 18.6 Å². The number of halogens is 1. The minimum absolute atomic E-state index is 0.0134. The standard InChI is InChI=1S/C22H28FN3O2/c1-14-5-8-19-20(26(14)15(2)27)10-9-18(21(19)28-13-22(3,4)23)16-11-24-25(12-16)17-6-7-17/h9-12,14,17H,5-8,13H2,1-4H3/t14-/m0/s1. The van der Waals surface area contributed by atoms with Crippen LogP contribution in [0.25, 0.3) is 11.1 Å². The van der Waals surface area contributed by atoms with E-state index in [0.717, 1.165) is 48.1 Å². The maximum absolute atomic E-state index is 14.2. The van der Waals surface area contributed by atoms with Crippen molar-refractivity contribution in [3.63, 3.8) is 0 Å². The fraction of sp³-hybridized carbons (Fsp3) is 0.545. The summed E-state index contributed by atoms with van der Waals surface area (Å²) >= 11 is 0. The minimum atomic E-state index is -1.44. The van der Waals surface area contributed by atoms with E-state index in [9.17, 15) is 9.18 Å². The molecule has 1 fully saturated rings. The van der Waals surface area contributed by atoms with Crippen LogP contribution < -0.4 is 9.64 Å². The molecule has 4 rings (SSSR count). The van der Waals surface area contributed by atoms with Crippen LogP contribution >= 0.6 is 0 Å². The molecule has 0 radical (unpaired) electrons. The number of hydrogen-bond acceptors (Lipinski definition) is 3. The molecule has 2 aliphatic rings. The lowest BCUT2D eigenvalue weighted by Crippen LogP contribution is -2.41. The molecule has 150 valence electrons. The van der Waals surface area contributed by atoms with Gasteiger partial charge in [0, 0.05) is 35.9 Å². The number of nitrogens with zero attached hydrogens (tertiary/aromatic N) is 3. The molecule has 0 N–H and O–H groups in total. The van der Waals surface area contributed by atoms with Crippen molar-refractivity contribution in [3.05, 3.63) is 30.1 Å². The first kappa shape index (κ1) is 19.0. The van der Waals surface area contributed by atoms with Crippen LogP contribution in [0.15, 0.2) is 24.5 Å². The van der Waals surface area contributed by atoms with Gasteiger partial charge in [0.2, 0.25) is 5.91 Å². The summed E-state index contributed by atoms with van der Waals surface area (Å²) in [5.74, 6) is 0.691. The van der Waals surface area contributed by atoms with Crippen LogP contribution in [0.5, 0.6) is 5.75 Å². The van der Waals surface area contributed by atoms with Gasteiger partial charge in [-0.2, -0.15) is 5.10 Å². The fourth-order valence-electron chi connectivity index (χ4n) is 3.94. The van der Waals surface area contributed by atoms with E-state index in [0.29, 0.717) is 11.8 Å². The summed E-state index contributed by atoms with van der Waals surface area (Å²) in [4.78, 5) is 14.1. The molecule has 5 nitrogen and oxygen atoms in total. The van der Waals surface area contributed by atoms with E-state index in [2.05, 4.69) is 12.0 Å². The number of rotatable bonds is 5. The van der Waals surface area contributed by atoms with Crippen LogP contribution in [0.3, 0.4) is 0 Å². The number of anilines is 1. The van der Waals surface area contributed by atoms with Crippen LogP contribution in [0.2, 0.25) is 0 Å². The molecule has 1 aromatic carbocycles. The third-order valence-electron chi connectivity index (χ3n) is 5.48. The fourth-order valence-corrected chi connectivity index (χ4v) is 3.94. The molecule has 2 heterocycles. The zero-order chi connectivity index (χ0) is 20.1. The van der Waals surface area contributed by atoms with E-state index in [1.54, 1.807) is 6.92 Å². The topological polar surface area (TPSA) is 47.4 Å². The maximum Gasteiger partial charge on any atom is 0.224 e. The van der Waals surface area contributed by atoms with Gasteiger partial charge in [-0.05, 0) is 58.6 Å². The molecule has 0 bridgehead atoms. The van der Waals surface area contributed by atoms with Gasteiger partial charge in [-0.25, -0.2) is 4.39 Å². The normalized spacial score (nSPS) is 19.5. The highest BCUT2D eigenvalue weighted by molar-refractivity contribution is 5.95. The Bertz CT molecular complexity index is 896. The molecule has 1 atom stereocenters. The monoisotopic (exact) mass is 385 g/mol. The van der Waals surface area contributed by atoms with Crippen molar-refractivity contribution in [1.82, 2.24) is 9.78 Å². The number of benzene rings is 1. The molecule has 28 heavy (non-hydrogen) atoms. The molecule has 1 saturated carbocycles. The van der Waals surface area contributed by atoms with E-state index in [1.807, 2.05) is 34.1 Å². The Morgan fingerprint density at radius 3 is 2.71 bits per heavy atom. The predicted molar refractivity (Wildman–Crippen MR) is 108 cm³/mol. The van der Waals surface area contributed by atoms with E-state index < -0.39 is 5.67 Å². The van der Waals surface area contributed by atoms with Gasteiger partial charge in [0.15, 0.2) is 0 Å². The Labute approximate surface area is 165 Å². The Morgan fingerprint density at radius 1 is 1.32 bits per heavy atom. The minimum Gasteiger partial charge on any atom is -0.489 e. The summed E-state index contributed by atoms with van der Waals surface area (Å²) in [6.45, 7) is 6.63. The number of alkyl halides is 1. The zero-order valence-electron chi connectivity index (χ0n) is 17.0. The van der Waals surface area contributed by atoms with Gasteiger partial charge in [-0.3, -0.25) is 9.48 Å². The van der Waals surface area contributed by atoms with E-state index in [4.69, 9.17) is 4.74 Å². The Morgan fingerprint density at radius 2 is 2.07 bits per heavy atom. The van der Waals surface area contributed by atoms with Crippen molar-refractivity contribution in [2.75, 3.05) is 11.5 Å². The summed E-state index contributed by atoms with van der Waals surface area (Å²) in [5.41, 5.74) is 2.29. The number of hydrogen-bond donors (Lipinski definition) is 0. The van der Waals surface area contributed by atoms with Gasteiger partial charge in [0.25, 0.3) is 0 Å². The molecule has 6 heteroatoms. The lowest BCUT2D eigenvalue weighted by Gasteiger charge is -2.36. The molecule has 1 aliphatic carbocycles. The van der Waals surface area contributed by atoms with Crippen molar-refractivity contribution in [1.29, 1.82) is 0 Å². The maximum atomic E-state index is 14.2. The van der Waals surface area contributed by atoms with Crippen molar-refractivity contribution in [3.8, 4) is 16.9 Å². The third kappa shape index (κ3) is 3.64. The lowest BCUT2D eigenvalue weighted by atomic mass is 9.92. The second kappa shape index (κ2) is 6.90. The average Bonchev–Trinajstić information content (AvgIpc) is 3.35. The number of ether oxygens (including phenoxy) is 1. The molecule has 2 aromatic rings. The van der Waals surface area contributed by atoms with Crippen LogP contribution in [-0.2, 0) is 11.2 Å². The third-order valence-corrected chi connectivity index (χ3v) is 5.48. The number of carbonyl (C=O) groups is 1. The van der Waals surface area contributed by atoms with Gasteiger partial charge < -0.3 is 9.64 Å². The van der Waals surface area contributed by atoms with Gasteiger partial charge in [-0.15, -0.1) is 0 Å². The largest absolute Gasteiger partial charge is 0.489 e. The van der Waals surface area contributed by atoms with Crippen molar-refractivity contribution in [2.24, 2.45) is 0 Å². The Hall–Kier alpha value is -2.37. The summed E-state index contributed by atoms with van der Waals surface area (Å²) in [6.07, 6.45) is 7.87. The highest BCUT2D eigenvalue weighted by atomic mass is 19.1. The van der Waals surface area contributed by atoms with Gasteiger partial charge in [0.1, 0.15) is 18.0 Å². The summed E-state index contributed by atoms with van der Waals surface area (Å²) in [7, 11) is 0. The highest BCUT2D eigenvalue weighted by Gasteiger charge is 2.31.